The van der Waals surface area contributed by atoms with Crippen molar-refractivity contribution in [2.75, 3.05) is 44.8 Å². The summed E-state index contributed by atoms with van der Waals surface area (Å²) in [5, 5.41) is 8.11. The molecule has 0 aliphatic carbocycles. The lowest BCUT2D eigenvalue weighted by Crippen LogP contribution is -2.43. The van der Waals surface area contributed by atoms with Gasteiger partial charge in [0.05, 0.1) is 55.1 Å². The van der Waals surface area contributed by atoms with E-state index in [1.165, 1.54) is 12.4 Å². The van der Waals surface area contributed by atoms with E-state index >= 15 is 0 Å². The zero-order chi connectivity index (χ0) is 29.8. The van der Waals surface area contributed by atoms with Crippen LogP contribution in [-0.2, 0) is 11.3 Å². The van der Waals surface area contributed by atoms with Crippen LogP contribution in [0.15, 0.2) is 84.0 Å². The molecular formula is C33H36N6O4. The number of H-pyrrole nitrogens is 2. The number of aromatic nitrogens is 4. The molecule has 10 heteroatoms. The highest BCUT2D eigenvalue weighted by Crippen LogP contribution is 2.28. The second-order valence-corrected chi connectivity index (χ2v) is 11.8. The summed E-state index contributed by atoms with van der Waals surface area (Å²) in [6, 6.07) is 19.4. The van der Waals surface area contributed by atoms with E-state index in [0.717, 1.165) is 55.1 Å². The van der Waals surface area contributed by atoms with Crippen LogP contribution in [0.4, 0.5) is 5.69 Å². The molecule has 10 nitrogen and oxygen atoms in total. The van der Waals surface area contributed by atoms with Crippen molar-refractivity contribution in [2.45, 2.75) is 20.4 Å². The lowest BCUT2D eigenvalue weighted by molar-refractivity contribution is 0.0133. The quantitative estimate of drug-likeness (QED) is 0.219. The molecular weight excluding hydrogens is 544 g/mol. The summed E-state index contributed by atoms with van der Waals surface area (Å²) >= 11 is 0. The average Bonchev–Trinajstić information content (AvgIpc) is 3.65. The van der Waals surface area contributed by atoms with Crippen molar-refractivity contribution < 1.29 is 14.3 Å². The minimum absolute atomic E-state index is 0.0195. The largest absolute Gasteiger partial charge is 0.493 e. The number of aromatic amines is 2. The summed E-state index contributed by atoms with van der Waals surface area (Å²) in [5.41, 5.74) is 3.66. The third kappa shape index (κ3) is 7.04. The lowest BCUT2D eigenvalue weighted by Gasteiger charge is -2.34. The van der Waals surface area contributed by atoms with E-state index in [-0.39, 0.29) is 16.9 Å². The van der Waals surface area contributed by atoms with Crippen molar-refractivity contribution in [3.05, 3.63) is 101 Å². The van der Waals surface area contributed by atoms with Gasteiger partial charge in [-0.05, 0) is 35.9 Å². The Morgan fingerprint density at radius 1 is 1.09 bits per heavy atom. The Hall–Kier alpha value is -4.67. The third-order valence-electron chi connectivity index (χ3n) is 7.51. The summed E-state index contributed by atoms with van der Waals surface area (Å²) < 4.78 is 13.4. The predicted octanol–water partition coefficient (Wildman–Crippen LogP) is 4.76. The van der Waals surface area contributed by atoms with Gasteiger partial charge in [-0.2, -0.15) is 5.10 Å². The van der Waals surface area contributed by atoms with Crippen LogP contribution in [0.2, 0.25) is 0 Å². The van der Waals surface area contributed by atoms with Crippen LogP contribution in [0.3, 0.4) is 0 Å². The normalized spacial score (nSPS) is 14.2. The number of carbonyl (C=O) groups excluding carboxylic acids is 1. The average molecular weight is 581 g/mol. The van der Waals surface area contributed by atoms with Gasteiger partial charge in [0, 0.05) is 48.3 Å². The van der Waals surface area contributed by atoms with E-state index in [1.54, 1.807) is 16.9 Å². The predicted molar refractivity (Wildman–Crippen MR) is 167 cm³/mol. The Morgan fingerprint density at radius 2 is 1.91 bits per heavy atom. The van der Waals surface area contributed by atoms with Crippen LogP contribution < -0.4 is 15.6 Å². The Morgan fingerprint density at radius 3 is 2.72 bits per heavy atom. The molecule has 3 aromatic heterocycles. The van der Waals surface area contributed by atoms with Crippen LogP contribution in [0.5, 0.6) is 5.75 Å². The van der Waals surface area contributed by atoms with Crippen LogP contribution in [0.25, 0.3) is 22.2 Å². The first kappa shape index (κ1) is 28.4. The maximum atomic E-state index is 12.9. The number of morpholine rings is 1. The zero-order valence-corrected chi connectivity index (χ0v) is 24.4. The van der Waals surface area contributed by atoms with Crippen LogP contribution in [0.1, 0.15) is 29.8 Å². The molecule has 6 rings (SSSR count). The summed E-state index contributed by atoms with van der Waals surface area (Å²) in [6.45, 7) is 9.98. The van der Waals surface area contributed by atoms with Gasteiger partial charge in [0.15, 0.2) is 0 Å². The smallest absolute Gasteiger partial charge is 0.258 e. The molecule has 0 radical (unpaired) electrons. The molecule has 0 spiro atoms. The Bertz CT molecular complexity index is 1770. The zero-order valence-electron chi connectivity index (χ0n) is 24.4. The van der Waals surface area contributed by atoms with Gasteiger partial charge in [0.1, 0.15) is 5.75 Å². The minimum Gasteiger partial charge on any atom is -0.493 e. The number of anilines is 1. The molecule has 1 aliphatic rings. The highest BCUT2D eigenvalue weighted by molar-refractivity contribution is 6.04. The van der Waals surface area contributed by atoms with Gasteiger partial charge >= 0.3 is 0 Å². The molecule has 43 heavy (non-hydrogen) atoms. The first-order valence-electron chi connectivity index (χ1n) is 14.5. The van der Waals surface area contributed by atoms with Gasteiger partial charge in [0.2, 0.25) is 0 Å². The van der Waals surface area contributed by atoms with Gasteiger partial charge in [-0.25, -0.2) is 0 Å². The molecule has 0 saturated carbocycles. The Kier molecular flexibility index (Phi) is 8.13. The van der Waals surface area contributed by atoms with E-state index in [2.05, 4.69) is 39.1 Å². The van der Waals surface area contributed by atoms with Gasteiger partial charge < -0.3 is 24.8 Å². The number of nitrogens with one attached hydrogen (secondary N) is 3. The number of amides is 1. The maximum Gasteiger partial charge on any atom is 0.258 e. The molecule has 1 amide bonds. The van der Waals surface area contributed by atoms with Crippen LogP contribution in [0, 0.1) is 5.41 Å². The number of ether oxygens (including phenoxy) is 2. The maximum absolute atomic E-state index is 12.9. The van der Waals surface area contributed by atoms with Gasteiger partial charge in [-0.1, -0.05) is 44.2 Å². The number of rotatable bonds is 10. The Labute approximate surface area is 249 Å². The van der Waals surface area contributed by atoms with Crippen molar-refractivity contribution in [2.24, 2.45) is 5.41 Å². The van der Waals surface area contributed by atoms with Gasteiger partial charge in [-0.15, -0.1) is 0 Å². The first-order chi connectivity index (χ1) is 20.8. The standard InChI is InChI=1S/C33H36N6O4/c1-33(2,21-38-10-12-42-13-11-38)22-43-27-8-9-29-24(14-27)15-30(37-29)28-16-26(18-34-32(28)41)36-31(40)25-17-35-39(20-25)19-23-6-4-3-5-7-23/h3-9,14-18,20,37H,10-13,19,21-22H2,1-2H3,(H,34,41)(H,36,40). The second-order valence-electron chi connectivity index (χ2n) is 11.8. The number of benzene rings is 2. The molecule has 0 unspecified atom stereocenters. The van der Waals surface area contributed by atoms with Crippen molar-refractivity contribution in [1.82, 2.24) is 24.6 Å². The second kappa shape index (κ2) is 12.3. The fourth-order valence-electron chi connectivity index (χ4n) is 5.33. The highest BCUT2D eigenvalue weighted by atomic mass is 16.5. The molecule has 1 aliphatic heterocycles. The van der Waals surface area contributed by atoms with E-state index in [0.29, 0.717) is 35.7 Å². The van der Waals surface area contributed by atoms with Crippen LogP contribution >= 0.6 is 0 Å². The van der Waals surface area contributed by atoms with Crippen molar-refractivity contribution in [3.8, 4) is 17.0 Å². The number of nitrogens with zero attached hydrogens (tertiary/aromatic N) is 3. The summed E-state index contributed by atoms with van der Waals surface area (Å²) in [7, 11) is 0. The monoisotopic (exact) mass is 580 g/mol. The summed E-state index contributed by atoms with van der Waals surface area (Å²) in [6.07, 6.45) is 4.73. The number of hydrogen-bond acceptors (Lipinski definition) is 6. The number of fused-ring (bicyclic) bond motifs is 1. The molecule has 3 N–H and O–H groups in total. The lowest BCUT2D eigenvalue weighted by atomic mass is 9.94. The summed E-state index contributed by atoms with van der Waals surface area (Å²) in [5.74, 6) is 0.461. The number of pyridine rings is 1. The van der Waals surface area contributed by atoms with Gasteiger partial charge in [0.25, 0.3) is 11.5 Å². The van der Waals surface area contributed by atoms with Gasteiger partial charge in [-0.3, -0.25) is 19.2 Å². The number of hydrogen-bond donors (Lipinski definition) is 3. The highest BCUT2D eigenvalue weighted by Gasteiger charge is 2.24. The van der Waals surface area contributed by atoms with Crippen molar-refractivity contribution in [3.63, 3.8) is 0 Å². The number of carbonyl (C=O) groups is 1. The fraction of sp³-hybridized carbons (Fsp3) is 0.303. The summed E-state index contributed by atoms with van der Waals surface area (Å²) in [4.78, 5) is 34.2. The molecule has 0 bridgehead atoms. The topological polar surface area (TPSA) is 117 Å². The van der Waals surface area contributed by atoms with E-state index in [9.17, 15) is 9.59 Å². The SMILES string of the molecule is CC(C)(COc1ccc2[nH]c(-c3cc(NC(=O)c4cnn(Cc5ccccc5)c4)c[nH]c3=O)cc2c1)CN1CCOCC1. The Balaban J connectivity index is 1.12. The molecule has 5 aromatic rings. The van der Waals surface area contributed by atoms with E-state index in [4.69, 9.17) is 9.47 Å². The molecule has 1 saturated heterocycles. The van der Waals surface area contributed by atoms with E-state index < -0.39 is 0 Å². The third-order valence-corrected chi connectivity index (χ3v) is 7.51. The molecule has 0 atom stereocenters. The molecule has 2 aromatic carbocycles. The minimum atomic E-state index is -0.313. The molecule has 4 heterocycles. The van der Waals surface area contributed by atoms with Crippen molar-refractivity contribution >= 4 is 22.5 Å². The fourth-order valence-corrected chi connectivity index (χ4v) is 5.33. The molecule has 222 valence electrons. The first-order valence-corrected chi connectivity index (χ1v) is 14.5. The van der Waals surface area contributed by atoms with E-state index in [1.807, 2.05) is 54.6 Å². The van der Waals surface area contributed by atoms with Crippen molar-refractivity contribution in [1.29, 1.82) is 0 Å². The van der Waals surface area contributed by atoms with Crippen LogP contribution in [-0.4, -0.2) is 70.0 Å². The molecule has 1 fully saturated rings.